The van der Waals surface area contributed by atoms with Crippen LogP contribution in [-0.4, -0.2) is 68.7 Å². The van der Waals surface area contributed by atoms with E-state index in [1.165, 1.54) is 37.7 Å². The fourth-order valence-electron chi connectivity index (χ4n) is 3.74. The Labute approximate surface area is 157 Å². The molecule has 2 fully saturated rings. The first kappa shape index (κ1) is 20.8. The third kappa shape index (κ3) is 6.98. The van der Waals surface area contributed by atoms with Gasteiger partial charge in [-0.3, -0.25) is 4.99 Å². The maximum atomic E-state index is 11.6. The van der Waals surface area contributed by atoms with Crippen LogP contribution in [0.4, 0.5) is 0 Å². The van der Waals surface area contributed by atoms with Crippen molar-refractivity contribution in [3.05, 3.63) is 0 Å². The van der Waals surface area contributed by atoms with E-state index in [1.807, 2.05) is 7.05 Å². The van der Waals surface area contributed by atoms with Crippen molar-refractivity contribution in [1.82, 2.24) is 14.9 Å². The van der Waals surface area contributed by atoms with Crippen LogP contribution in [0.15, 0.2) is 4.99 Å². The van der Waals surface area contributed by atoms with Crippen LogP contribution in [0.5, 0.6) is 0 Å². The van der Waals surface area contributed by atoms with E-state index < -0.39 is 10.0 Å². The minimum Gasteiger partial charge on any atom is -0.356 e. The van der Waals surface area contributed by atoms with Crippen LogP contribution < -0.4 is 10.6 Å². The third-order valence-corrected chi connectivity index (χ3v) is 7.73. The normalized spacial score (nSPS) is 27.2. The lowest BCUT2D eigenvalue weighted by molar-refractivity contribution is 0.274. The molecule has 2 rings (SSSR count). The lowest BCUT2D eigenvalue weighted by Gasteiger charge is -2.32. The van der Waals surface area contributed by atoms with Gasteiger partial charge in [0, 0.05) is 38.0 Å². The molecule has 0 bridgehead atoms. The molecule has 1 aliphatic carbocycles. The van der Waals surface area contributed by atoms with Gasteiger partial charge in [0.05, 0.1) is 6.26 Å². The first-order valence-corrected chi connectivity index (χ1v) is 12.4. The molecule has 1 saturated carbocycles. The monoisotopic (exact) mass is 390 g/mol. The Morgan fingerprint density at radius 1 is 1.24 bits per heavy atom. The van der Waals surface area contributed by atoms with Crippen molar-refractivity contribution in [2.45, 2.75) is 56.7 Å². The van der Waals surface area contributed by atoms with E-state index in [9.17, 15) is 8.42 Å². The predicted molar refractivity (Wildman–Crippen MR) is 108 cm³/mol. The highest BCUT2D eigenvalue weighted by atomic mass is 32.2. The number of rotatable bonds is 6. The van der Waals surface area contributed by atoms with Crippen molar-refractivity contribution in [2.75, 3.05) is 38.7 Å². The Kier molecular flexibility index (Phi) is 8.35. The smallest absolute Gasteiger partial charge is 0.211 e. The van der Waals surface area contributed by atoms with E-state index in [2.05, 4.69) is 34.3 Å². The van der Waals surface area contributed by atoms with E-state index in [0.717, 1.165) is 30.6 Å². The Hall–Kier alpha value is -0.470. The number of sulfonamides is 1. The van der Waals surface area contributed by atoms with Gasteiger partial charge in [0.1, 0.15) is 0 Å². The van der Waals surface area contributed by atoms with Gasteiger partial charge in [-0.2, -0.15) is 11.8 Å². The third-order valence-electron chi connectivity index (χ3n) is 5.19. The minimum absolute atomic E-state index is 0.506. The van der Waals surface area contributed by atoms with Gasteiger partial charge in [-0.1, -0.05) is 13.3 Å². The Balaban J connectivity index is 1.72. The maximum Gasteiger partial charge on any atom is 0.211 e. The minimum atomic E-state index is -3.04. The van der Waals surface area contributed by atoms with Crippen molar-refractivity contribution in [3.63, 3.8) is 0 Å². The topological polar surface area (TPSA) is 73.8 Å². The molecule has 2 N–H and O–H groups in total. The number of hydrogen-bond donors (Lipinski definition) is 2. The zero-order chi connectivity index (χ0) is 18.3. The molecule has 0 aromatic carbocycles. The van der Waals surface area contributed by atoms with E-state index >= 15 is 0 Å². The molecular weight excluding hydrogens is 356 g/mol. The maximum absolute atomic E-state index is 11.6. The van der Waals surface area contributed by atoms with Crippen molar-refractivity contribution in [3.8, 4) is 0 Å². The summed E-state index contributed by atoms with van der Waals surface area (Å²) in [7, 11) is -1.22. The summed E-state index contributed by atoms with van der Waals surface area (Å²) in [5.74, 6) is 2.58. The lowest BCUT2D eigenvalue weighted by atomic mass is 9.95. The molecule has 2 atom stereocenters. The van der Waals surface area contributed by atoms with Gasteiger partial charge in [-0.15, -0.1) is 0 Å². The van der Waals surface area contributed by atoms with Gasteiger partial charge < -0.3 is 10.6 Å². The number of thioether (sulfide) groups is 1. The average Bonchev–Trinajstić information content (AvgIpc) is 2.59. The molecule has 1 aliphatic heterocycles. The summed E-state index contributed by atoms with van der Waals surface area (Å²) >= 11 is 2.07. The molecule has 2 aliphatic rings. The molecule has 0 radical (unpaired) electrons. The molecule has 6 nitrogen and oxygen atoms in total. The average molecular weight is 391 g/mol. The SMILES string of the molecule is CCSC1CCCC(NC(=NC)NCC2CCN(S(C)(=O)=O)CC2)C1. The molecule has 0 aromatic heterocycles. The summed E-state index contributed by atoms with van der Waals surface area (Å²) in [6, 6.07) is 0.510. The zero-order valence-electron chi connectivity index (χ0n) is 15.8. The Morgan fingerprint density at radius 2 is 1.96 bits per heavy atom. The highest BCUT2D eigenvalue weighted by Gasteiger charge is 2.26. The molecule has 2 unspecified atom stereocenters. The van der Waals surface area contributed by atoms with Crippen LogP contribution in [-0.2, 0) is 10.0 Å². The van der Waals surface area contributed by atoms with Crippen molar-refractivity contribution < 1.29 is 8.42 Å². The standard InChI is InChI=1S/C17H34N4O2S2/c1-4-24-16-7-5-6-15(12-16)20-17(18-2)19-13-14-8-10-21(11-9-14)25(3,22)23/h14-16H,4-13H2,1-3H3,(H2,18,19,20). The van der Waals surface area contributed by atoms with Crippen LogP contribution >= 0.6 is 11.8 Å². The second-order valence-electron chi connectivity index (χ2n) is 7.14. The molecule has 8 heteroatoms. The second-order valence-corrected chi connectivity index (χ2v) is 10.7. The molecule has 0 spiro atoms. The second kappa shape index (κ2) is 10.0. The van der Waals surface area contributed by atoms with E-state index in [4.69, 9.17) is 0 Å². The van der Waals surface area contributed by atoms with E-state index in [-0.39, 0.29) is 0 Å². The van der Waals surface area contributed by atoms with Crippen molar-refractivity contribution >= 4 is 27.7 Å². The summed E-state index contributed by atoms with van der Waals surface area (Å²) < 4.78 is 24.7. The summed E-state index contributed by atoms with van der Waals surface area (Å²) in [5.41, 5.74) is 0. The highest BCUT2D eigenvalue weighted by molar-refractivity contribution is 7.99. The predicted octanol–water partition coefficient (Wildman–Crippen LogP) is 1.89. The highest BCUT2D eigenvalue weighted by Crippen LogP contribution is 2.28. The molecule has 0 aromatic rings. The number of nitrogens with zero attached hydrogens (tertiary/aromatic N) is 2. The molecule has 1 heterocycles. The van der Waals surface area contributed by atoms with Crippen molar-refractivity contribution in [2.24, 2.45) is 10.9 Å². The molecule has 146 valence electrons. The Bertz CT molecular complexity index is 529. The first-order chi connectivity index (χ1) is 11.9. The molecule has 25 heavy (non-hydrogen) atoms. The zero-order valence-corrected chi connectivity index (χ0v) is 17.5. The van der Waals surface area contributed by atoms with Gasteiger partial charge in [0.2, 0.25) is 10.0 Å². The quantitative estimate of drug-likeness (QED) is 0.535. The molecule has 0 amide bonds. The number of guanidine groups is 1. The van der Waals surface area contributed by atoms with Crippen LogP contribution in [0.3, 0.4) is 0 Å². The fraction of sp³-hybridized carbons (Fsp3) is 0.941. The number of nitrogens with one attached hydrogen (secondary N) is 2. The van der Waals surface area contributed by atoms with E-state index in [0.29, 0.717) is 25.0 Å². The molecular formula is C17H34N4O2S2. The summed E-state index contributed by atoms with van der Waals surface area (Å²) in [4.78, 5) is 4.37. The number of hydrogen-bond acceptors (Lipinski definition) is 4. The van der Waals surface area contributed by atoms with Crippen molar-refractivity contribution in [1.29, 1.82) is 0 Å². The number of aliphatic imine (C=N–C) groups is 1. The Morgan fingerprint density at radius 3 is 2.56 bits per heavy atom. The van der Waals surface area contributed by atoms with Gasteiger partial charge >= 0.3 is 0 Å². The lowest BCUT2D eigenvalue weighted by Crippen LogP contribution is -2.48. The summed E-state index contributed by atoms with van der Waals surface area (Å²) in [6.45, 7) is 4.36. The summed E-state index contributed by atoms with van der Waals surface area (Å²) in [6.07, 6.45) is 8.18. The van der Waals surface area contributed by atoms with Gasteiger partial charge in [0.15, 0.2) is 5.96 Å². The van der Waals surface area contributed by atoms with Crippen LogP contribution in [0.1, 0.15) is 45.4 Å². The van der Waals surface area contributed by atoms with Crippen LogP contribution in [0.2, 0.25) is 0 Å². The van der Waals surface area contributed by atoms with Gasteiger partial charge in [0.25, 0.3) is 0 Å². The first-order valence-electron chi connectivity index (χ1n) is 9.46. The van der Waals surface area contributed by atoms with Crippen LogP contribution in [0, 0.1) is 5.92 Å². The van der Waals surface area contributed by atoms with E-state index in [1.54, 1.807) is 4.31 Å². The summed E-state index contributed by atoms with van der Waals surface area (Å²) in [5, 5.41) is 7.81. The van der Waals surface area contributed by atoms with Gasteiger partial charge in [-0.25, -0.2) is 12.7 Å². The largest absolute Gasteiger partial charge is 0.356 e. The van der Waals surface area contributed by atoms with Gasteiger partial charge in [-0.05, 0) is 43.8 Å². The molecule has 1 saturated heterocycles. The fourth-order valence-corrected chi connectivity index (χ4v) is 5.78. The number of piperidine rings is 1. The van der Waals surface area contributed by atoms with Crippen LogP contribution in [0.25, 0.3) is 0 Å².